The average Bonchev–Trinajstić information content (AvgIpc) is 2.72. The van der Waals surface area contributed by atoms with Crippen molar-refractivity contribution in [2.24, 2.45) is 0 Å². The molecule has 1 heterocycles. The second-order valence-corrected chi connectivity index (χ2v) is 6.97. The lowest BCUT2D eigenvalue weighted by Crippen LogP contribution is -2.36. The number of hydrogen-bond acceptors (Lipinski definition) is 3. The Bertz CT molecular complexity index is 767. The largest absolute Gasteiger partial charge is 0.345 e. The summed E-state index contributed by atoms with van der Waals surface area (Å²) in [5.41, 5.74) is 4.43. The molecule has 0 unspecified atom stereocenters. The van der Waals surface area contributed by atoms with Crippen molar-refractivity contribution < 1.29 is 9.59 Å². The first-order chi connectivity index (χ1) is 13.5. The second kappa shape index (κ2) is 10.6. The Morgan fingerprint density at radius 2 is 1.57 bits per heavy atom. The topological polar surface area (TPSA) is 53.5 Å². The smallest absolute Gasteiger partial charge is 0.224 e. The zero-order chi connectivity index (χ0) is 20.5. The highest BCUT2D eigenvalue weighted by molar-refractivity contribution is 5.94. The highest BCUT2D eigenvalue weighted by Crippen LogP contribution is 2.27. The fourth-order valence-corrected chi connectivity index (χ4v) is 3.36. The number of carbonyl (C=O) groups excluding carboxylic acids is 2. The van der Waals surface area contributed by atoms with Gasteiger partial charge in [0.05, 0.1) is 0 Å². The van der Waals surface area contributed by atoms with Crippen LogP contribution in [-0.2, 0) is 28.9 Å². The number of aromatic nitrogens is 1. The third-order valence-corrected chi connectivity index (χ3v) is 5.08. The number of benzene rings is 1. The van der Waals surface area contributed by atoms with Crippen LogP contribution in [0, 0.1) is 0 Å². The van der Waals surface area contributed by atoms with Crippen molar-refractivity contribution in [2.75, 3.05) is 25.0 Å². The van der Waals surface area contributed by atoms with E-state index in [9.17, 15) is 9.59 Å². The molecule has 2 aromatic rings. The summed E-state index contributed by atoms with van der Waals surface area (Å²) in [7, 11) is 1.82. The molecule has 1 aromatic heterocycles. The third-order valence-electron chi connectivity index (χ3n) is 5.08. The quantitative estimate of drug-likeness (QED) is 0.666. The Kier molecular flexibility index (Phi) is 8.18. The lowest BCUT2D eigenvalue weighted by Gasteiger charge is -2.27. The predicted molar refractivity (Wildman–Crippen MR) is 113 cm³/mol. The molecule has 0 fully saturated rings. The Morgan fingerprint density at radius 3 is 2.11 bits per heavy atom. The monoisotopic (exact) mass is 381 g/mol. The zero-order valence-electron chi connectivity index (χ0n) is 17.4. The molecule has 0 spiro atoms. The minimum atomic E-state index is -0.0251. The SMILES string of the molecule is CCc1cccc(CC)c1N(CCC(=O)N(C)CCc1ccncc1)C(C)=O. The van der Waals surface area contributed by atoms with Crippen LogP contribution in [0.25, 0.3) is 0 Å². The number of carbonyl (C=O) groups is 2. The Hall–Kier alpha value is -2.69. The van der Waals surface area contributed by atoms with E-state index in [-0.39, 0.29) is 11.8 Å². The van der Waals surface area contributed by atoms with E-state index >= 15 is 0 Å². The second-order valence-electron chi connectivity index (χ2n) is 6.97. The van der Waals surface area contributed by atoms with Crippen LogP contribution in [0.4, 0.5) is 5.69 Å². The summed E-state index contributed by atoms with van der Waals surface area (Å²) in [6.07, 6.45) is 6.34. The third kappa shape index (κ3) is 5.65. The summed E-state index contributed by atoms with van der Waals surface area (Å²) in [6.45, 7) is 6.80. The van der Waals surface area contributed by atoms with Crippen molar-refractivity contribution in [3.8, 4) is 0 Å². The highest BCUT2D eigenvalue weighted by atomic mass is 16.2. The molecule has 5 nitrogen and oxygen atoms in total. The van der Waals surface area contributed by atoms with Crippen LogP contribution >= 0.6 is 0 Å². The van der Waals surface area contributed by atoms with E-state index in [1.807, 2.05) is 25.2 Å². The van der Waals surface area contributed by atoms with E-state index in [0.717, 1.165) is 41.6 Å². The van der Waals surface area contributed by atoms with Gasteiger partial charge in [-0.2, -0.15) is 0 Å². The van der Waals surface area contributed by atoms with Crippen molar-refractivity contribution in [2.45, 2.75) is 46.5 Å². The van der Waals surface area contributed by atoms with Gasteiger partial charge in [0, 0.05) is 51.6 Å². The number of aryl methyl sites for hydroxylation is 2. The van der Waals surface area contributed by atoms with Crippen LogP contribution in [0.1, 0.15) is 43.9 Å². The van der Waals surface area contributed by atoms with Crippen molar-refractivity contribution in [1.82, 2.24) is 9.88 Å². The number of pyridine rings is 1. The van der Waals surface area contributed by atoms with E-state index in [1.165, 1.54) is 0 Å². The van der Waals surface area contributed by atoms with Crippen LogP contribution in [-0.4, -0.2) is 41.8 Å². The molecule has 0 radical (unpaired) electrons. The summed E-state index contributed by atoms with van der Waals surface area (Å²) in [5.74, 6) is 0.0233. The summed E-state index contributed by atoms with van der Waals surface area (Å²) in [6, 6.07) is 10.1. The molecule has 1 aromatic carbocycles. The fraction of sp³-hybridized carbons (Fsp3) is 0.435. The highest BCUT2D eigenvalue weighted by Gasteiger charge is 2.20. The number of para-hydroxylation sites is 1. The maximum Gasteiger partial charge on any atom is 0.224 e. The van der Waals surface area contributed by atoms with Gasteiger partial charge >= 0.3 is 0 Å². The molecular formula is C23H31N3O2. The molecule has 0 bridgehead atoms. The van der Waals surface area contributed by atoms with Gasteiger partial charge in [-0.15, -0.1) is 0 Å². The van der Waals surface area contributed by atoms with Crippen LogP contribution in [0.15, 0.2) is 42.7 Å². The van der Waals surface area contributed by atoms with E-state index in [4.69, 9.17) is 0 Å². The molecular weight excluding hydrogens is 350 g/mol. The summed E-state index contributed by atoms with van der Waals surface area (Å²) >= 11 is 0. The number of amides is 2. The summed E-state index contributed by atoms with van der Waals surface area (Å²) in [5, 5.41) is 0. The van der Waals surface area contributed by atoms with Crippen molar-refractivity contribution in [1.29, 1.82) is 0 Å². The van der Waals surface area contributed by atoms with Crippen molar-refractivity contribution in [3.05, 3.63) is 59.4 Å². The van der Waals surface area contributed by atoms with E-state index < -0.39 is 0 Å². The average molecular weight is 382 g/mol. The number of anilines is 1. The first-order valence-corrected chi connectivity index (χ1v) is 9.99. The minimum Gasteiger partial charge on any atom is -0.345 e. The van der Waals surface area contributed by atoms with Gasteiger partial charge in [0.25, 0.3) is 0 Å². The fourth-order valence-electron chi connectivity index (χ4n) is 3.36. The number of hydrogen-bond donors (Lipinski definition) is 0. The molecule has 0 N–H and O–H groups in total. The number of rotatable bonds is 9. The molecule has 0 aliphatic rings. The van der Waals surface area contributed by atoms with Crippen LogP contribution in [0.5, 0.6) is 0 Å². The maximum absolute atomic E-state index is 12.6. The molecule has 0 aliphatic heterocycles. The van der Waals surface area contributed by atoms with Gasteiger partial charge < -0.3 is 9.80 Å². The number of likely N-dealkylation sites (N-methyl/N-ethyl adjacent to an activating group) is 1. The van der Waals surface area contributed by atoms with Gasteiger partial charge in [0.1, 0.15) is 0 Å². The first kappa shape index (κ1) is 21.6. The molecule has 28 heavy (non-hydrogen) atoms. The minimum absolute atomic E-state index is 0.0251. The van der Waals surface area contributed by atoms with Gasteiger partial charge in [-0.25, -0.2) is 0 Å². The lowest BCUT2D eigenvalue weighted by atomic mass is 10.0. The Labute approximate surface area is 168 Å². The number of nitrogens with zero attached hydrogens (tertiary/aromatic N) is 3. The van der Waals surface area contributed by atoms with Crippen molar-refractivity contribution >= 4 is 17.5 Å². The molecule has 5 heteroatoms. The van der Waals surface area contributed by atoms with E-state index in [2.05, 4.69) is 31.0 Å². The summed E-state index contributed by atoms with van der Waals surface area (Å²) < 4.78 is 0. The van der Waals surface area contributed by atoms with Crippen LogP contribution < -0.4 is 4.90 Å². The van der Waals surface area contributed by atoms with E-state index in [0.29, 0.717) is 19.5 Å². The van der Waals surface area contributed by atoms with E-state index in [1.54, 1.807) is 29.1 Å². The van der Waals surface area contributed by atoms with Crippen LogP contribution in [0.2, 0.25) is 0 Å². The van der Waals surface area contributed by atoms with Gasteiger partial charge in [0.15, 0.2) is 0 Å². The first-order valence-electron chi connectivity index (χ1n) is 9.99. The van der Waals surface area contributed by atoms with Gasteiger partial charge in [-0.05, 0) is 48.1 Å². The summed E-state index contributed by atoms with van der Waals surface area (Å²) in [4.78, 5) is 32.5. The van der Waals surface area contributed by atoms with Gasteiger partial charge in [-0.1, -0.05) is 32.0 Å². The molecule has 2 rings (SSSR count). The standard InChI is InChI=1S/C23H31N3O2/c1-5-20-8-7-9-21(6-2)23(20)26(18(3)27)17-13-22(28)25(4)16-12-19-10-14-24-15-11-19/h7-11,14-15H,5-6,12-13,16-17H2,1-4H3. The van der Waals surface area contributed by atoms with Crippen LogP contribution in [0.3, 0.4) is 0 Å². The molecule has 0 aliphatic carbocycles. The molecule has 0 saturated carbocycles. The molecule has 150 valence electrons. The maximum atomic E-state index is 12.6. The van der Waals surface area contributed by atoms with Gasteiger partial charge in [-0.3, -0.25) is 14.6 Å². The lowest BCUT2D eigenvalue weighted by molar-refractivity contribution is -0.129. The van der Waals surface area contributed by atoms with Crippen molar-refractivity contribution in [3.63, 3.8) is 0 Å². The Morgan fingerprint density at radius 1 is 0.964 bits per heavy atom. The zero-order valence-corrected chi connectivity index (χ0v) is 17.4. The van der Waals surface area contributed by atoms with Gasteiger partial charge in [0.2, 0.25) is 11.8 Å². The molecule has 0 atom stereocenters. The Balaban J connectivity index is 2.03. The molecule has 0 saturated heterocycles. The molecule has 2 amide bonds. The predicted octanol–water partition coefficient (Wildman–Crippen LogP) is 3.65. The normalized spacial score (nSPS) is 10.6.